The number of nitrogens with two attached hydrogens (primary N) is 1. The predicted octanol–water partition coefficient (Wildman–Crippen LogP) is 2.40. The Bertz CT molecular complexity index is 1340. The largest absolute Gasteiger partial charge is 0.508 e. The number of aliphatic hydroxyl groups is 3. The van der Waals surface area contributed by atoms with Crippen LogP contribution in [0.25, 0.3) is 5.76 Å². The van der Waals surface area contributed by atoms with Gasteiger partial charge in [0.05, 0.1) is 11.7 Å². The highest BCUT2D eigenvalue weighted by Gasteiger charge is 2.60. The van der Waals surface area contributed by atoms with Gasteiger partial charge in [-0.05, 0) is 62.6 Å². The van der Waals surface area contributed by atoms with Gasteiger partial charge in [-0.25, -0.2) is 0 Å². The summed E-state index contributed by atoms with van der Waals surface area (Å²) in [5.41, 5.74) is 3.37. The summed E-state index contributed by atoms with van der Waals surface area (Å²) in [5.74, 6) is -6.96. The molecule has 3 aliphatic rings. The van der Waals surface area contributed by atoms with Crippen molar-refractivity contribution >= 4 is 34.9 Å². The second kappa shape index (κ2) is 11.0. The average molecular weight is 559 g/mol. The lowest BCUT2D eigenvalue weighted by Gasteiger charge is -2.46. The number of hydrogen-bond donors (Lipinski definition) is 5. The van der Waals surface area contributed by atoms with Crippen LogP contribution in [-0.4, -0.2) is 69.7 Å². The Morgan fingerprint density at radius 2 is 1.82 bits per heavy atom. The summed E-state index contributed by atoms with van der Waals surface area (Å²) >= 11 is 0. The Hall–Kier alpha value is -3.86. The highest BCUT2D eigenvalue weighted by molar-refractivity contribution is 6.22. The summed E-state index contributed by atoms with van der Waals surface area (Å²) in [7, 11) is 3.59. The van der Waals surface area contributed by atoms with E-state index in [9.17, 15) is 39.6 Å². The summed E-state index contributed by atoms with van der Waals surface area (Å²) in [6.45, 7) is 3.50. The van der Waals surface area contributed by atoms with Gasteiger partial charge in [0.1, 0.15) is 22.8 Å². The number of phenols is 1. The van der Waals surface area contributed by atoms with Crippen LogP contribution >= 0.6 is 0 Å². The maximum Gasteiger partial charge on any atom is 0.306 e. The zero-order valence-electron chi connectivity index (χ0n) is 22.4. The van der Waals surface area contributed by atoms with Gasteiger partial charge < -0.3 is 35.8 Å². The van der Waals surface area contributed by atoms with Crippen molar-refractivity contribution in [2.45, 2.75) is 71.5 Å². The van der Waals surface area contributed by atoms with Gasteiger partial charge >= 0.3 is 5.97 Å². The molecular formula is C29H38N2O9. The van der Waals surface area contributed by atoms with Crippen molar-refractivity contribution in [3.05, 3.63) is 39.7 Å². The molecule has 0 unspecified atom stereocenters. The Balaban J connectivity index is 0.00000441. The third kappa shape index (κ3) is 4.83. The van der Waals surface area contributed by atoms with Crippen LogP contribution in [0.3, 0.4) is 0 Å². The summed E-state index contributed by atoms with van der Waals surface area (Å²) in [5, 5.41) is 44.7. The SMILES string of the molecule is C.CC(C)OC(=O)CCCc1cc(N(C)C)c2c(c1O)C(O)=C1C(=O)[C@]3(O)C(O)=C(C(N)=O)C(=O)C[C@@H]3C[C@@H]1C2. The molecular weight excluding hydrogens is 520 g/mol. The molecule has 11 nitrogen and oxygen atoms in total. The molecule has 0 bridgehead atoms. The molecule has 0 spiro atoms. The number of benzene rings is 1. The van der Waals surface area contributed by atoms with Gasteiger partial charge in [-0.1, -0.05) is 7.43 Å². The fourth-order valence-electron chi connectivity index (χ4n) is 6.06. The van der Waals surface area contributed by atoms with Crippen molar-refractivity contribution < 1.29 is 44.3 Å². The Kier molecular flexibility index (Phi) is 8.40. The fourth-order valence-corrected chi connectivity index (χ4v) is 6.06. The lowest BCUT2D eigenvalue weighted by molar-refractivity contribution is -0.148. The van der Waals surface area contributed by atoms with Crippen LogP contribution in [0.15, 0.2) is 23.0 Å². The van der Waals surface area contributed by atoms with E-state index in [4.69, 9.17) is 10.5 Å². The normalized spacial score (nSPS) is 23.8. The molecule has 0 saturated heterocycles. The molecule has 0 heterocycles. The predicted molar refractivity (Wildman–Crippen MR) is 147 cm³/mol. The summed E-state index contributed by atoms with van der Waals surface area (Å²) < 4.78 is 5.16. The van der Waals surface area contributed by atoms with Gasteiger partial charge in [0.25, 0.3) is 5.91 Å². The number of primary amides is 1. The van der Waals surface area contributed by atoms with Crippen molar-refractivity contribution in [3.63, 3.8) is 0 Å². The van der Waals surface area contributed by atoms with Gasteiger partial charge in [-0.3, -0.25) is 19.2 Å². The third-order valence-electron chi connectivity index (χ3n) is 7.80. The number of rotatable bonds is 7. The van der Waals surface area contributed by atoms with Crippen molar-refractivity contribution in [2.75, 3.05) is 19.0 Å². The molecule has 1 aromatic rings. The van der Waals surface area contributed by atoms with Crippen LogP contribution in [0.4, 0.5) is 5.69 Å². The fraction of sp³-hybridized carbons (Fsp3) is 0.517. The van der Waals surface area contributed by atoms with Crippen LogP contribution in [-0.2, 0) is 36.8 Å². The van der Waals surface area contributed by atoms with E-state index in [1.54, 1.807) is 34.0 Å². The van der Waals surface area contributed by atoms with E-state index in [0.29, 0.717) is 23.2 Å². The molecule has 0 radical (unpaired) electrons. The first-order chi connectivity index (χ1) is 18.2. The maximum atomic E-state index is 13.7. The molecule has 1 fully saturated rings. The first kappa shape index (κ1) is 30.7. The highest BCUT2D eigenvalue weighted by Crippen LogP contribution is 2.53. The number of amides is 1. The van der Waals surface area contributed by atoms with Crippen molar-refractivity contribution in [3.8, 4) is 5.75 Å². The number of ketones is 2. The van der Waals surface area contributed by atoms with Crippen LogP contribution in [0, 0.1) is 11.8 Å². The van der Waals surface area contributed by atoms with Gasteiger partial charge in [-0.15, -0.1) is 0 Å². The number of ether oxygens (including phenoxy) is 1. The number of aliphatic hydroxyl groups excluding tert-OH is 2. The van der Waals surface area contributed by atoms with E-state index in [-0.39, 0.29) is 68.5 Å². The van der Waals surface area contributed by atoms with E-state index < -0.39 is 52.0 Å². The Morgan fingerprint density at radius 3 is 2.40 bits per heavy atom. The molecule has 1 saturated carbocycles. The third-order valence-corrected chi connectivity index (χ3v) is 7.80. The second-order valence-corrected chi connectivity index (χ2v) is 11.0. The number of phenolic OH excluding ortho intramolecular Hbond substituents is 1. The van der Waals surface area contributed by atoms with Crippen LogP contribution in [0.5, 0.6) is 5.75 Å². The molecule has 3 aliphatic carbocycles. The van der Waals surface area contributed by atoms with E-state index in [1.807, 2.05) is 4.90 Å². The van der Waals surface area contributed by atoms with Crippen molar-refractivity contribution in [1.82, 2.24) is 0 Å². The topological polar surface area (TPSA) is 188 Å². The first-order valence-corrected chi connectivity index (χ1v) is 12.9. The Labute approximate surface area is 232 Å². The first-order valence-electron chi connectivity index (χ1n) is 12.9. The minimum absolute atomic E-state index is 0. The number of esters is 1. The molecule has 3 atom stereocenters. The number of nitrogens with zero attached hydrogens (tertiary/aromatic N) is 1. The number of carbonyl (C=O) groups excluding carboxylic acids is 4. The molecule has 0 aliphatic heterocycles. The molecule has 1 aromatic carbocycles. The Morgan fingerprint density at radius 1 is 1.18 bits per heavy atom. The summed E-state index contributed by atoms with van der Waals surface area (Å²) in [4.78, 5) is 51.8. The standard InChI is InChI=1S/C28H34N2O9.CH4/c1-12(2)39-19(32)7-5-6-13-10-17(30(3)4)16-9-14-8-15-11-18(31)22(27(29)37)26(36)28(15,38)25(35)20(14)24(34)21(16)23(13)33;/h10,12,14-15,33-34,36,38H,5-9,11H2,1-4H3,(H2,29,37);1H4/t14-,15+,28+;/m1./s1. The number of aryl methyl sites for hydroxylation is 1. The molecule has 6 N–H and O–H groups in total. The average Bonchev–Trinajstić information content (AvgIpc) is 2.81. The minimum atomic E-state index is -2.61. The van der Waals surface area contributed by atoms with Crippen molar-refractivity contribution in [1.29, 1.82) is 0 Å². The number of fused-ring (bicyclic) bond motifs is 3. The van der Waals surface area contributed by atoms with E-state index in [2.05, 4.69) is 0 Å². The van der Waals surface area contributed by atoms with Gasteiger partial charge in [0, 0.05) is 44.1 Å². The molecule has 11 heteroatoms. The molecule has 0 aromatic heterocycles. The molecule has 40 heavy (non-hydrogen) atoms. The van der Waals surface area contributed by atoms with Gasteiger partial charge in [-0.2, -0.15) is 0 Å². The number of aromatic hydroxyl groups is 1. The molecule has 1 amide bonds. The highest BCUT2D eigenvalue weighted by atomic mass is 16.5. The molecule has 4 rings (SSSR count). The van der Waals surface area contributed by atoms with Crippen molar-refractivity contribution in [2.24, 2.45) is 17.6 Å². The number of hydrogen-bond acceptors (Lipinski definition) is 10. The second-order valence-electron chi connectivity index (χ2n) is 11.0. The zero-order valence-corrected chi connectivity index (χ0v) is 22.4. The maximum absolute atomic E-state index is 13.7. The summed E-state index contributed by atoms with van der Waals surface area (Å²) in [6.07, 6.45) is 0.448. The van der Waals surface area contributed by atoms with Crippen LogP contribution < -0.4 is 10.6 Å². The van der Waals surface area contributed by atoms with E-state index >= 15 is 0 Å². The minimum Gasteiger partial charge on any atom is -0.508 e. The van der Waals surface area contributed by atoms with E-state index in [1.165, 1.54) is 0 Å². The lowest BCUT2D eigenvalue weighted by Crippen LogP contribution is -2.58. The smallest absolute Gasteiger partial charge is 0.306 e. The lowest BCUT2D eigenvalue weighted by atomic mass is 9.59. The zero-order chi connectivity index (χ0) is 29.0. The number of anilines is 1. The summed E-state index contributed by atoms with van der Waals surface area (Å²) in [6, 6.07) is 1.78. The quantitative estimate of drug-likeness (QED) is 0.246. The van der Waals surface area contributed by atoms with Crippen LogP contribution in [0.1, 0.15) is 63.6 Å². The van der Waals surface area contributed by atoms with Crippen LogP contribution in [0.2, 0.25) is 0 Å². The number of Topliss-reactive ketones (excluding diaryl/α,β-unsaturated/α-hetero) is 2. The van der Waals surface area contributed by atoms with E-state index in [0.717, 1.165) is 0 Å². The monoisotopic (exact) mass is 558 g/mol. The van der Waals surface area contributed by atoms with Gasteiger partial charge in [0.15, 0.2) is 11.4 Å². The molecule has 218 valence electrons. The van der Waals surface area contributed by atoms with Gasteiger partial charge in [0.2, 0.25) is 5.78 Å². The number of carbonyl (C=O) groups is 4.